The highest BCUT2D eigenvalue weighted by molar-refractivity contribution is 6.18. The first-order chi connectivity index (χ1) is 29.1. The summed E-state index contributed by atoms with van der Waals surface area (Å²) in [6.45, 7) is 4.41. The number of aromatic nitrogens is 2. The first-order valence-electron chi connectivity index (χ1n) is 20.4. The van der Waals surface area contributed by atoms with Crippen LogP contribution in [0.4, 0.5) is 0 Å². The van der Waals surface area contributed by atoms with E-state index in [2.05, 4.69) is 229 Å². The van der Waals surface area contributed by atoms with Crippen molar-refractivity contribution in [2.24, 2.45) is 4.99 Å². The number of para-hydroxylation sites is 3. The van der Waals surface area contributed by atoms with Crippen molar-refractivity contribution < 1.29 is 0 Å². The second-order valence-electron chi connectivity index (χ2n) is 15.6. The molecular formula is C56H41N3. The van der Waals surface area contributed by atoms with E-state index in [-0.39, 0.29) is 6.17 Å². The molecule has 2 aromatic heterocycles. The van der Waals surface area contributed by atoms with Gasteiger partial charge in [-0.2, -0.15) is 0 Å². The SMILES string of the molecule is Cc1ccccc1/C(=N\C(C)n1c2ccccc2c2c(-c3ccc4c5ccccc5n(-c5ccccc5)c4c3)cccc21)c1ccc2cc(-c3ccccc3)ccc2c1. The molecule has 0 saturated heterocycles. The number of aryl methyl sites for hydroxylation is 1. The molecule has 0 radical (unpaired) electrons. The minimum Gasteiger partial charge on any atom is -0.318 e. The summed E-state index contributed by atoms with van der Waals surface area (Å²) in [6, 6.07) is 74.7. The molecule has 0 bridgehead atoms. The molecule has 0 amide bonds. The average molecular weight is 756 g/mol. The molecule has 0 aliphatic carbocycles. The Kier molecular flexibility index (Phi) is 8.34. The Morgan fingerprint density at radius 1 is 0.458 bits per heavy atom. The van der Waals surface area contributed by atoms with Crippen molar-refractivity contribution in [3.05, 3.63) is 223 Å². The van der Waals surface area contributed by atoms with Crippen molar-refractivity contribution in [3.63, 3.8) is 0 Å². The molecule has 280 valence electrons. The van der Waals surface area contributed by atoms with E-state index in [9.17, 15) is 0 Å². The molecule has 0 aliphatic heterocycles. The number of nitrogens with zero attached hydrogens (tertiary/aromatic N) is 3. The summed E-state index contributed by atoms with van der Waals surface area (Å²) >= 11 is 0. The summed E-state index contributed by atoms with van der Waals surface area (Å²) in [5.41, 5.74) is 15.2. The first-order valence-corrected chi connectivity index (χ1v) is 20.4. The van der Waals surface area contributed by atoms with E-state index in [0.29, 0.717) is 0 Å². The summed E-state index contributed by atoms with van der Waals surface area (Å²) in [5, 5.41) is 7.38. The van der Waals surface area contributed by atoms with Crippen LogP contribution in [0.15, 0.2) is 211 Å². The number of benzene rings is 9. The minimum absolute atomic E-state index is 0.207. The molecule has 0 saturated carbocycles. The number of aliphatic imine (C=N–C) groups is 1. The third-order valence-corrected chi connectivity index (χ3v) is 12.0. The van der Waals surface area contributed by atoms with Gasteiger partial charge in [-0.05, 0) is 101 Å². The van der Waals surface area contributed by atoms with Crippen molar-refractivity contribution in [3.8, 4) is 27.9 Å². The lowest BCUT2D eigenvalue weighted by Gasteiger charge is -2.18. The predicted octanol–water partition coefficient (Wildman–Crippen LogP) is 14.7. The molecule has 3 heteroatoms. The van der Waals surface area contributed by atoms with Crippen LogP contribution >= 0.6 is 0 Å². The van der Waals surface area contributed by atoms with E-state index in [0.717, 1.165) is 22.5 Å². The Balaban J connectivity index is 1.08. The maximum absolute atomic E-state index is 5.68. The van der Waals surface area contributed by atoms with Crippen LogP contribution in [-0.4, -0.2) is 14.8 Å². The third-order valence-electron chi connectivity index (χ3n) is 12.0. The number of hydrogen-bond donors (Lipinski definition) is 0. The van der Waals surface area contributed by atoms with Crippen LogP contribution in [0.5, 0.6) is 0 Å². The van der Waals surface area contributed by atoms with E-state index in [1.54, 1.807) is 0 Å². The Morgan fingerprint density at radius 2 is 1.10 bits per heavy atom. The van der Waals surface area contributed by atoms with Crippen molar-refractivity contribution in [1.29, 1.82) is 0 Å². The fraction of sp³-hybridized carbons (Fsp3) is 0.0536. The zero-order valence-electron chi connectivity index (χ0n) is 33.0. The summed E-state index contributed by atoms with van der Waals surface area (Å²) in [6.07, 6.45) is -0.207. The highest BCUT2D eigenvalue weighted by atomic mass is 15.1. The molecule has 9 aromatic carbocycles. The molecule has 0 aliphatic rings. The molecule has 0 spiro atoms. The standard InChI is InChI=1S/C56H41N3/c1-37-16-9-10-21-46(37)56(44-31-30-41-34-40(28-29-42(41)35-44)39-17-5-3-6-18-39)57-38(2)58-52-26-14-12-23-50(52)55-47(24-15-27-53(55)58)43-32-33-49-48-22-11-13-25-51(48)59(54(49)36-43)45-19-7-4-8-20-45/h3-36,38H,1-2H3/b57-56-. The van der Waals surface area contributed by atoms with Gasteiger partial charge in [0.1, 0.15) is 6.17 Å². The largest absolute Gasteiger partial charge is 0.318 e. The molecule has 3 nitrogen and oxygen atoms in total. The second kappa shape index (κ2) is 14.2. The molecule has 59 heavy (non-hydrogen) atoms. The van der Waals surface area contributed by atoms with E-state index < -0.39 is 0 Å². The molecule has 11 aromatic rings. The van der Waals surface area contributed by atoms with Crippen LogP contribution in [0, 0.1) is 6.92 Å². The molecule has 11 rings (SSSR count). The van der Waals surface area contributed by atoms with Gasteiger partial charge in [0, 0.05) is 38.4 Å². The van der Waals surface area contributed by atoms with Crippen molar-refractivity contribution in [1.82, 2.24) is 9.13 Å². The number of fused-ring (bicyclic) bond motifs is 7. The highest BCUT2D eigenvalue weighted by Crippen LogP contribution is 2.41. The zero-order valence-corrected chi connectivity index (χ0v) is 33.0. The van der Waals surface area contributed by atoms with Crippen molar-refractivity contribution in [2.75, 3.05) is 0 Å². The summed E-state index contributed by atoms with van der Waals surface area (Å²) in [5.74, 6) is 0. The van der Waals surface area contributed by atoms with Gasteiger partial charge in [0.15, 0.2) is 0 Å². The second-order valence-corrected chi connectivity index (χ2v) is 15.6. The van der Waals surface area contributed by atoms with Crippen molar-refractivity contribution >= 4 is 60.1 Å². The van der Waals surface area contributed by atoms with Gasteiger partial charge < -0.3 is 9.13 Å². The molecule has 1 unspecified atom stereocenters. The maximum Gasteiger partial charge on any atom is 0.123 e. The lowest BCUT2D eigenvalue weighted by molar-refractivity contribution is 0.614. The highest BCUT2D eigenvalue weighted by Gasteiger charge is 2.21. The van der Waals surface area contributed by atoms with Gasteiger partial charge >= 0.3 is 0 Å². The van der Waals surface area contributed by atoms with Crippen LogP contribution in [-0.2, 0) is 0 Å². The monoisotopic (exact) mass is 755 g/mol. The summed E-state index contributed by atoms with van der Waals surface area (Å²) < 4.78 is 4.83. The molecule has 1 atom stereocenters. The topological polar surface area (TPSA) is 22.2 Å². The Hall–Kier alpha value is -7.49. The molecule has 0 fully saturated rings. The normalized spacial score (nSPS) is 12.6. The van der Waals surface area contributed by atoms with E-state index in [1.165, 1.54) is 82.2 Å². The predicted molar refractivity (Wildman–Crippen MR) is 250 cm³/mol. The van der Waals surface area contributed by atoms with Crippen LogP contribution in [0.2, 0.25) is 0 Å². The minimum atomic E-state index is -0.207. The van der Waals surface area contributed by atoms with E-state index in [4.69, 9.17) is 4.99 Å². The van der Waals surface area contributed by atoms with Gasteiger partial charge in [-0.1, -0.05) is 158 Å². The first kappa shape index (κ1) is 34.7. The fourth-order valence-electron chi connectivity index (χ4n) is 9.27. The molecule has 0 N–H and O–H groups in total. The number of hydrogen-bond acceptors (Lipinski definition) is 1. The van der Waals surface area contributed by atoms with Crippen molar-refractivity contribution in [2.45, 2.75) is 20.0 Å². The lowest BCUT2D eigenvalue weighted by Crippen LogP contribution is -2.11. The van der Waals surface area contributed by atoms with Crippen LogP contribution in [0.3, 0.4) is 0 Å². The van der Waals surface area contributed by atoms with Crippen LogP contribution in [0.25, 0.3) is 82.3 Å². The van der Waals surface area contributed by atoms with Gasteiger partial charge in [0.25, 0.3) is 0 Å². The summed E-state index contributed by atoms with van der Waals surface area (Å²) in [7, 11) is 0. The van der Waals surface area contributed by atoms with Gasteiger partial charge in [-0.25, -0.2) is 0 Å². The Labute approximate surface area is 343 Å². The Bertz CT molecular complexity index is 3400. The molecular weight excluding hydrogens is 715 g/mol. The fourth-order valence-corrected chi connectivity index (χ4v) is 9.27. The van der Waals surface area contributed by atoms with Crippen LogP contribution < -0.4 is 0 Å². The average Bonchev–Trinajstić information content (AvgIpc) is 3.81. The summed E-state index contributed by atoms with van der Waals surface area (Å²) in [4.78, 5) is 5.68. The van der Waals surface area contributed by atoms with E-state index in [1.807, 2.05) is 0 Å². The lowest BCUT2D eigenvalue weighted by atomic mass is 9.95. The zero-order chi connectivity index (χ0) is 39.5. The smallest absolute Gasteiger partial charge is 0.123 e. The quantitative estimate of drug-likeness (QED) is 0.145. The van der Waals surface area contributed by atoms with Gasteiger partial charge in [-0.15, -0.1) is 0 Å². The van der Waals surface area contributed by atoms with Crippen LogP contribution in [0.1, 0.15) is 29.8 Å². The maximum atomic E-state index is 5.68. The number of rotatable bonds is 7. The third kappa shape index (κ3) is 5.85. The Morgan fingerprint density at radius 3 is 1.93 bits per heavy atom. The molecule has 2 heterocycles. The van der Waals surface area contributed by atoms with E-state index >= 15 is 0 Å². The van der Waals surface area contributed by atoms with Gasteiger partial charge in [0.05, 0.1) is 27.8 Å². The van der Waals surface area contributed by atoms with Gasteiger partial charge in [-0.3, -0.25) is 4.99 Å². The van der Waals surface area contributed by atoms with Gasteiger partial charge in [0.2, 0.25) is 0 Å².